The fourth-order valence-electron chi connectivity index (χ4n) is 1.65. The molecule has 0 aliphatic carbocycles. The highest BCUT2D eigenvalue weighted by Gasteiger charge is 2.13. The van der Waals surface area contributed by atoms with Gasteiger partial charge in [-0.15, -0.1) is 0 Å². The molecule has 0 spiro atoms. The van der Waals surface area contributed by atoms with Gasteiger partial charge in [0.15, 0.2) is 0 Å². The minimum absolute atomic E-state index is 0.00857. The number of pyridine rings is 1. The second-order valence-corrected chi connectivity index (χ2v) is 4.15. The summed E-state index contributed by atoms with van der Waals surface area (Å²) in [5.41, 5.74) is 1.12. The van der Waals surface area contributed by atoms with Crippen molar-refractivity contribution in [3.05, 3.63) is 34.5 Å². The zero-order valence-electron chi connectivity index (χ0n) is 10.8. The monoisotopic (exact) mass is 261 g/mol. The van der Waals surface area contributed by atoms with Crippen LogP contribution in [0.15, 0.2) is 24.4 Å². The molecule has 1 N–H and O–H groups in total. The lowest BCUT2D eigenvalue weighted by Crippen LogP contribution is -2.04. The quantitative estimate of drug-likeness (QED) is 0.658. The van der Waals surface area contributed by atoms with Crippen molar-refractivity contribution in [1.82, 2.24) is 14.8 Å². The SMILES string of the molecule is CCCNc1cc([N+](=O)[O-])cc(-c2ccn(C)n2)n1. The maximum atomic E-state index is 10.9. The van der Waals surface area contributed by atoms with Crippen LogP contribution in [0.3, 0.4) is 0 Å². The molecule has 2 aromatic heterocycles. The van der Waals surface area contributed by atoms with Crippen molar-refractivity contribution in [1.29, 1.82) is 0 Å². The number of nitrogens with one attached hydrogen (secondary N) is 1. The third kappa shape index (κ3) is 3.06. The Kier molecular flexibility index (Phi) is 3.74. The van der Waals surface area contributed by atoms with Crippen molar-refractivity contribution in [3.8, 4) is 11.4 Å². The Hall–Kier alpha value is -2.44. The van der Waals surface area contributed by atoms with E-state index in [-0.39, 0.29) is 5.69 Å². The van der Waals surface area contributed by atoms with E-state index in [1.54, 1.807) is 24.0 Å². The first-order chi connectivity index (χ1) is 9.10. The van der Waals surface area contributed by atoms with Gasteiger partial charge in [0.1, 0.15) is 11.5 Å². The third-order valence-corrected chi connectivity index (χ3v) is 2.55. The molecule has 0 unspecified atom stereocenters. The smallest absolute Gasteiger partial charge is 0.275 e. The number of rotatable bonds is 5. The van der Waals surface area contributed by atoms with Gasteiger partial charge in [0.05, 0.1) is 16.7 Å². The van der Waals surface area contributed by atoms with Crippen molar-refractivity contribution in [2.24, 2.45) is 7.05 Å². The van der Waals surface area contributed by atoms with Gasteiger partial charge in [0.25, 0.3) is 5.69 Å². The van der Waals surface area contributed by atoms with Crippen LogP contribution in [-0.2, 0) is 7.05 Å². The van der Waals surface area contributed by atoms with E-state index in [0.29, 0.717) is 17.2 Å². The summed E-state index contributed by atoms with van der Waals surface area (Å²) in [6, 6.07) is 4.64. The van der Waals surface area contributed by atoms with Gasteiger partial charge in [-0.1, -0.05) is 6.92 Å². The van der Waals surface area contributed by atoms with Crippen molar-refractivity contribution < 1.29 is 4.92 Å². The van der Waals surface area contributed by atoms with E-state index in [4.69, 9.17) is 0 Å². The van der Waals surface area contributed by atoms with Gasteiger partial charge in [-0.25, -0.2) is 4.98 Å². The highest BCUT2D eigenvalue weighted by Crippen LogP contribution is 2.23. The minimum atomic E-state index is -0.425. The Balaban J connectivity index is 2.41. The first-order valence-electron chi connectivity index (χ1n) is 6.00. The van der Waals surface area contributed by atoms with Gasteiger partial charge in [-0.3, -0.25) is 14.8 Å². The Labute approximate surface area is 110 Å². The molecule has 19 heavy (non-hydrogen) atoms. The Morgan fingerprint density at radius 1 is 1.42 bits per heavy atom. The van der Waals surface area contributed by atoms with Crippen LogP contribution in [-0.4, -0.2) is 26.2 Å². The lowest BCUT2D eigenvalue weighted by molar-refractivity contribution is -0.384. The molecule has 2 rings (SSSR count). The van der Waals surface area contributed by atoms with E-state index < -0.39 is 4.92 Å². The molecule has 0 saturated heterocycles. The highest BCUT2D eigenvalue weighted by molar-refractivity contribution is 5.61. The molecule has 100 valence electrons. The summed E-state index contributed by atoms with van der Waals surface area (Å²) in [4.78, 5) is 14.9. The first kappa shape index (κ1) is 13.0. The molecule has 7 heteroatoms. The number of aromatic nitrogens is 3. The molecule has 0 amide bonds. The number of hydrogen-bond donors (Lipinski definition) is 1. The summed E-state index contributed by atoms with van der Waals surface area (Å²) in [6.45, 7) is 2.74. The van der Waals surface area contributed by atoms with Gasteiger partial charge in [-0.05, 0) is 12.5 Å². The summed E-state index contributed by atoms with van der Waals surface area (Å²) >= 11 is 0. The molecule has 2 heterocycles. The lowest BCUT2D eigenvalue weighted by Gasteiger charge is -2.05. The average Bonchev–Trinajstić information content (AvgIpc) is 2.82. The number of nitrogens with zero attached hydrogens (tertiary/aromatic N) is 4. The number of anilines is 1. The molecule has 0 aromatic carbocycles. The molecule has 7 nitrogen and oxygen atoms in total. The van der Waals surface area contributed by atoms with Crippen molar-refractivity contribution in [2.75, 3.05) is 11.9 Å². The summed E-state index contributed by atoms with van der Waals surface area (Å²) < 4.78 is 1.63. The molecule has 2 aromatic rings. The molecule has 0 aliphatic rings. The fraction of sp³-hybridized carbons (Fsp3) is 0.333. The van der Waals surface area contributed by atoms with E-state index >= 15 is 0 Å². The Morgan fingerprint density at radius 2 is 2.21 bits per heavy atom. The molecule has 0 aliphatic heterocycles. The first-order valence-corrected chi connectivity index (χ1v) is 6.00. The molecular weight excluding hydrogens is 246 g/mol. The van der Waals surface area contributed by atoms with E-state index in [0.717, 1.165) is 13.0 Å². The van der Waals surface area contributed by atoms with E-state index in [1.165, 1.54) is 12.1 Å². The van der Waals surface area contributed by atoms with E-state index in [2.05, 4.69) is 15.4 Å². The van der Waals surface area contributed by atoms with Crippen LogP contribution in [0.4, 0.5) is 11.5 Å². The molecule has 0 atom stereocenters. The minimum Gasteiger partial charge on any atom is -0.370 e. The van der Waals surface area contributed by atoms with Crippen molar-refractivity contribution >= 4 is 11.5 Å². The normalized spacial score (nSPS) is 10.4. The average molecular weight is 261 g/mol. The van der Waals surface area contributed by atoms with Crippen molar-refractivity contribution in [3.63, 3.8) is 0 Å². The number of hydrogen-bond acceptors (Lipinski definition) is 5. The maximum Gasteiger partial charge on any atom is 0.275 e. The largest absolute Gasteiger partial charge is 0.370 e. The number of aryl methyl sites for hydroxylation is 1. The standard InChI is InChI=1S/C12H15N5O2/c1-3-5-13-12-8-9(17(18)19)7-11(14-12)10-4-6-16(2)15-10/h4,6-8H,3,5H2,1-2H3,(H,13,14). The maximum absolute atomic E-state index is 10.9. The van der Waals surface area contributed by atoms with Crippen LogP contribution in [0, 0.1) is 10.1 Å². The van der Waals surface area contributed by atoms with Crippen LogP contribution in [0.2, 0.25) is 0 Å². The van der Waals surface area contributed by atoms with E-state index in [9.17, 15) is 10.1 Å². The molecule has 0 bridgehead atoms. The summed E-state index contributed by atoms with van der Waals surface area (Å²) in [6.07, 6.45) is 2.69. The predicted molar refractivity (Wildman–Crippen MR) is 71.9 cm³/mol. The van der Waals surface area contributed by atoms with Gasteiger partial charge in [0, 0.05) is 25.9 Å². The van der Waals surface area contributed by atoms with Crippen molar-refractivity contribution in [2.45, 2.75) is 13.3 Å². The van der Waals surface area contributed by atoms with Crippen LogP contribution in [0.5, 0.6) is 0 Å². The predicted octanol–water partition coefficient (Wildman–Crippen LogP) is 2.21. The number of nitro groups is 1. The molecule has 0 saturated carbocycles. The zero-order chi connectivity index (χ0) is 13.8. The molecular formula is C12H15N5O2. The van der Waals surface area contributed by atoms with Crippen LogP contribution < -0.4 is 5.32 Å². The Bertz CT molecular complexity index is 594. The van der Waals surface area contributed by atoms with E-state index in [1.807, 2.05) is 6.92 Å². The molecule has 0 radical (unpaired) electrons. The molecule has 0 fully saturated rings. The summed E-state index contributed by atoms with van der Waals surface area (Å²) in [5.74, 6) is 0.497. The van der Waals surface area contributed by atoms with Crippen LogP contribution in [0.1, 0.15) is 13.3 Å². The third-order valence-electron chi connectivity index (χ3n) is 2.55. The highest BCUT2D eigenvalue weighted by atomic mass is 16.6. The van der Waals surface area contributed by atoms with Crippen LogP contribution >= 0.6 is 0 Å². The lowest BCUT2D eigenvalue weighted by atomic mass is 10.2. The summed E-state index contributed by atoms with van der Waals surface area (Å²) in [7, 11) is 1.79. The van der Waals surface area contributed by atoms with Gasteiger partial charge >= 0.3 is 0 Å². The topological polar surface area (TPSA) is 85.9 Å². The Morgan fingerprint density at radius 3 is 2.79 bits per heavy atom. The zero-order valence-corrected chi connectivity index (χ0v) is 10.8. The summed E-state index contributed by atoms with van der Waals surface area (Å²) in [5, 5.41) is 18.2. The van der Waals surface area contributed by atoms with Gasteiger partial charge in [-0.2, -0.15) is 5.10 Å². The van der Waals surface area contributed by atoms with Gasteiger partial charge < -0.3 is 5.32 Å². The second kappa shape index (κ2) is 5.47. The van der Waals surface area contributed by atoms with Gasteiger partial charge in [0.2, 0.25) is 0 Å². The fourth-order valence-corrected chi connectivity index (χ4v) is 1.65. The van der Waals surface area contributed by atoms with Crippen LogP contribution in [0.25, 0.3) is 11.4 Å². The second-order valence-electron chi connectivity index (χ2n) is 4.15.